The van der Waals surface area contributed by atoms with Crippen molar-refractivity contribution in [3.8, 4) is 0 Å². The van der Waals surface area contributed by atoms with Crippen molar-refractivity contribution in [2.45, 2.75) is 58.4 Å². The van der Waals surface area contributed by atoms with E-state index in [0.29, 0.717) is 6.04 Å². The Labute approximate surface area is 111 Å². The van der Waals surface area contributed by atoms with Gasteiger partial charge in [-0.25, -0.2) is 4.39 Å². The molecule has 0 fully saturated rings. The van der Waals surface area contributed by atoms with Gasteiger partial charge in [-0.05, 0) is 50.1 Å². The van der Waals surface area contributed by atoms with Crippen LogP contribution < -0.4 is 5.32 Å². The number of halogens is 1. The van der Waals surface area contributed by atoms with E-state index in [2.05, 4.69) is 12.2 Å². The third-order valence-corrected chi connectivity index (χ3v) is 3.59. The molecule has 0 spiro atoms. The lowest BCUT2D eigenvalue weighted by Gasteiger charge is -2.17. The lowest BCUT2D eigenvalue weighted by molar-refractivity contribution is 0.484. The number of rotatable bonds is 8. The Bertz CT molecular complexity index is 349. The fourth-order valence-corrected chi connectivity index (χ4v) is 2.32. The summed E-state index contributed by atoms with van der Waals surface area (Å²) >= 11 is 0. The third kappa shape index (κ3) is 5.18. The molecular formula is C16H26FN. The summed E-state index contributed by atoms with van der Waals surface area (Å²) in [5.41, 5.74) is 2.31. The Morgan fingerprint density at radius 1 is 1.22 bits per heavy atom. The molecule has 1 aromatic rings. The number of hydrogen-bond donors (Lipinski definition) is 1. The highest BCUT2D eigenvalue weighted by Gasteiger charge is 2.09. The number of aryl methyl sites for hydroxylation is 1. The van der Waals surface area contributed by atoms with Crippen LogP contribution in [0.5, 0.6) is 0 Å². The summed E-state index contributed by atoms with van der Waals surface area (Å²) in [5, 5.41) is 3.38. The van der Waals surface area contributed by atoms with E-state index in [0.717, 1.165) is 12.0 Å². The van der Waals surface area contributed by atoms with Crippen molar-refractivity contribution >= 4 is 0 Å². The standard InChI is InChI=1S/C16H26FN/c1-4-5-6-7-8-16(18-3)12-14-9-10-15(17)11-13(14)2/h9-11,16,18H,4-8,12H2,1-3H3. The van der Waals surface area contributed by atoms with Crippen molar-refractivity contribution in [1.82, 2.24) is 5.32 Å². The van der Waals surface area contributed by atoms with Crippen molar-refractivity contribution in [2.75, 3.05) is 7.05 Å². The predicted octanol–water partition coefficient (Wildman–Crippen LogP) is 4.24. The van der Waals surface area contributed by atoms with Gasteiger partial charge in [-0.1, -0.05) is 38.7 Å². The molecule has 1 nitrogen and oxygen atoms in total. The van der Waals surface area contributed by atoms with Crippen LogP contribution in [0.15, 0.2) is 18.2 Å². The molecule has 1 atom stereocenters. The largest absolute Gasteiger partial charge is 0.317 e. The minimum absolute atomic E-state index is 0.139. The van der Waals surface area contributed by atoms with Gasteiger partial charge in [0.15, 0.2) is 0 Å². The number of benzene rings is 1. The van der Waals surface area contributed by atoms with Gasteiger partial charge in [-0.15, -0.1) is 0 Å². The van der Waals surface area contributed by atoms with Crippen LogP contribution in [-0.4, -0.2) is 13.1 Å². The Morgan fingerprint density at radius 3 is 2.61 bits per heavy atom. The number of hydrogen-bond acceptors (Lipinski definition) is 1. The second-order valence-electron chi connectivity index (χ2n) is 5.11. The van der Waals surface area contributed by atoms with E-state index in [1.807, 2.05) is 20.0 Å². The summed E-state index contributed by atoms with van der Waals surface area (Å²) in [5.74, 6) is -0.139. The smallest absolute Gasteiger partial charge is 0.123 e. The van der Waals surface area contributed by atoms with Crippen molar-refractivity contribution < 1.29 is 4.39 Å². The molecule has 0 amide bonds. The van der Waals surface area contributed by atoms with Crippen LogP contribution in [0.3, 0.4) is 0 Å². The zero-order valence-electron chi connectivity index (χ0n) is 11.9. The van der Waals surface area contributed by atoms with Crippen LogP contribution in [0.4, 0.5) is 4.39 Å². The van der Waals surface area contributed by atoms with Crippen molar-refractivity contribution in [2.24, 2.45) is 0 Å². The summed E-state index contributed by atoms with van der Waals surface area (Å²) in [6, 6.07) is 5.61. The maximum absolute atomic E-state index is 13.0. The van der Waals surface area contributed by atoms with E-state index in [1.54, 1.807) is 12.1 Å². The first-order valence-electron chi connectivity index (χ1n) is 7.09. The van der Waals surface area contributed by atoms with Gasteiger partial charge >= 0.3 is 0 Å². The minimum atomic E-state index is -0.139. The van der Waals surface area contributed by atoms with Crippen LogP contribution in [0.1, 0.15) is 50.2 Å². The SMILES string of the molecule is CCCCCCC(Cc1ccc(F)cc1C)NC. The molecule has 0 bridgehead atoms. The molecule has 0 aromatic heterocycles. The second-order valence-corrected chi connectivity index (χ2v) is 5.11. The molecule has 0 radical (unpaired) electrons. The molecule has 0 saturated heterocycles. The van der Waals surface area contributed by atoms with Crippen LogP contribution in [0.2, 0.25) is 0 Å². The quantitative estimate of drug-likeness (QED) is 0.682. The fraction of sp³-hybridized carbons (Fsp3) is 0.625. The second kappa shape index (κ2) is 8.25. The lowest BCUT2D eigenvalue weighted by Crippen LogP contribution is -2.27. The van der Waals surface area contributed by atoms with Gasteiger partial charge in [0.1, 0.15) is 5.82 Å². The Morgan fingerprint density at radius 2 is 2.00 bits per heavy atom. The van der Waals surface area contributed by atoms with Gasteiger partial charge in [-0.2, -0.15) is 0 Å². The number of unbranched alkanes of at least 4 members (excludes halogenated alkanes) is 3. The highest BCUT2D eigenvalue weighted by Crippen LogP contribution is 2.15. The van der Waals surface area contributed by atoms with Gasteiger partial charge in [0.05, 0.1) is 0 Å². The molecule has 2 heteroatoms. The molecule has 1 rings (SSSR count). The maximum Gasteiger partial charge on any atom is 0.123 e. The number of likely N-dealkylation sites (N-methyl/N-ethyl adjacent to an activating group) is 1. The van der Waals surface area contributed by atoms with E-state index in [-0.39, 0.29) is 5.82 Å². The highest BCUT2D eigenvalue weighted by molar-refractivity contribution is 5.27. The van der Waals surface area contributed by atoms with Gasteiger partial charge in [0.2, 0.25) is 0 Å². The molecule has 1 aromatic carbocycles. The Hall–Kier alpha value is -0.890. The molecule has 0 saturated carbocycles. The zero-order chi connectivity index (χ0) is 13.4. The summed E-state index contributed by atoms with van der Waals surface area (Å²) in [7, 11) is 2.02. The first-order valence-corrected chi connectivity index (χ1v) is 7.09. The zero-order valence-corrected chi connectivity index (χ0v) is 11.9. The van der Waals surface area contributed by atoms with E-state index in [9.17, 15) is 4.39 Å². The first kappa shape index (κ1) is 15.2. The molecule has 0 aliphatic carbocycles. The summed E-state index contributed by atoms with van der Waals surface area (Å²) < 4.78 is 13.0. The van der Waals surface area contributed by atoms with Gasteiger partial charge in [0.25, 0.3) is 0 Å². The van der Waals surface area contributed by atoms with Crippen LogP contribution in [0, 0.1) is 12.7 Å². The normalized spacial score (nSPS) is 12.7. The fourth-order valence-electron chi connectivity index (χ4n) is 2.32. The first-order chi connectivity index (χ1) is 8.67. The van der Waals surface area contributed by atoms with Crippen LogP contribution >= 0.6 is 0 Å². The number of nitrogens with one attached hydrogen (secondary N) is 1. The third-order valence-electron chi connectivity index (χ3n) is 3.59. The Kier molecular flexibility index (Phi) is 6.96. The predicted molar refractivity (Wildman–Crippen MR) is 76.4 cm³/mol. The van der Waals surface area contributed by atoms with Crippen molar-refractivity contribution in [1.29, 1.82) is 0 Å². The molecule has 18 heavy (non-hydrogen) atoms. The summed E-state index contributed by atoms with van der Waals surface area (Å²) in [4.78, 5) is 0. The average molecular weight is 251 g/mol. The molecular weight excluding hydrogens is 225 g/mol. The van der Waals surface area contributed by atoms with E-state index >= 15 is 0 Å². The average Bonchev–Trinajstić information content (AvgIpc) is 2.35. The summed E-state index contributed by atoms with van der Waals surface area (Å²) in [6.45, 7) is 4.22. The van der Waals surface area contributed by atoms with E-state index in [4.69, 9.17) is 0 Å². The molecule has 0 aliphatic rings. The molecule has 1 N–H and O–H groups in total. The summed E-state index contributed by atoms with van der Waals surface area (Å²) in [6.07, 6.45) is 7.39. The van der Waals surface area contributed by atoms with Gasteiger partial charge in [0, 0.05) is 6.04 Å². The van der Waals surface area contributed by atoms with E-state index in [1.165, 1.54) is 37.7 Å². The van der Waals surface area contributed by atoms with Crippen LogP contribution in [-0.2, 0) is 6.42 Å². The monoisotopic (exact) mass is 251 g/mol. The Balaban J connectivity index is 2.46. The topological polar surface area (TPSA) is 12.0 Å². The lowest BCUT2D eigenvalue weighted by atomic mass is 9.97. The van der Waals surface area contributed by atoms with E-state index < -0.39 is 0 Å². The van der Waals surface area contributed by atoms with Crippen molar-refractivity contribution in [3.63, 3.8) is 0 Å². The molecule has 1 unspecified atom stereocenters. The molecule has 0 heterocycles. The van der Waals surface area contributed by atoms with Gasteiger partial charge < -0.3 is 5.32 Å². The molecule has 102 valence electrons. The maximum atomic E-state index is 13.0. The van der Waals surface area contributed by atoms with Crippen LogP contribution in [0.25, 0.3) is 0 Å². The van der Waals surface area contributed by atoms with Gasteiger partial charge in [-0.3, -0.25) is 0 Å². The van der Waals surface area contributed by atoms with Crippen molar-refractivity contribution in [3.05, 3.63) is 35.1 Å². The minimum Gasteiger partial charge on any atom is -0.317 e. The molecule has 0 aliphatic heterocycles. The highest BCUT2D eigenvalue weighted by atomic mass is 19.1.